The number of nitrogens with one attached hydrogen (secondary N) is 1. The number of nitrogens with zero attached hydrogens (tertiary/aromatic N) is 4. The van der Waals surface area contributed by atoms with Crippen molar-refractivity contribution in [1.29, 1.82) is 0 Å². The summed E-state index contributed by atoms with van der Waals surface area (Å²) in [6, 6.07) is 15.3. The minimum Gasteiger partial charge on any atom is -0.486 e. The lowest BCUT2D eigenvalue weighted by molar-refractivity contribution is -0.119. The number of hydrogen-bond acceptors (Lipinski definition) is 7. The molecule has 1 aromatic heterocycles. The predicted molar refractivity (Wildman–Crippen MR) is 104 cm³/mol. The summed E-state index contributed by atoms with van der Waals surface area (Å²) in [4.78, 5) is 12.2. The minimum absolute atomic E-state index is 0.119. The lowest BCUT2D eigenvalue weighted by atomic mass is 10.2. The molecular weight excluding hydrogens is 378 g/mol. The number of para-hydroxylation sites is 3. The van der Waals surface area contributed by atoms with Crippen molar-refractivity contribution in [3.63, 3.8) is 0 Å². The molecule has 1 amide bonds. The zero-order valence-electron chi connectivity index (χ0n) is 15.2. The Morgan fingerprint density at radius 2 is 2.00 bits per heavy atom. The number of aryl methyl sites for hydroxylation is 1. The fourth-order valence-electron chi connectivity index (χ4n) is 2.79. The van der Waals surface area contributed by atoms with Gasteiger partial charge in [-0.2, -0.15) is 4.68 Å². The van der Waals surface area contributed by atoms with Crippen molar-refractivity contribution in [2.45, 2.75) is 18.2 Å². The van der Waals surface area contributed by atoms with Crippen LogP contribution < -0.4 is 14.8 Å². The summed E-state index contributed by atoms with van der Waals surface area (Å²) < 4.78 is 13.1. The fraction of sp³-hybridized carbons (Fsp3) is 0.263. The number of hydrogen-bond donors (Lipinski definition) is 1. The number of amides is 1. The van der Waals surface area contributed by atoms with Crippen LogP contribution in [0.25, 0.3) is 5.69 Å². The Morgan fingerprint density at radius 1 is 1.21 bits per heavy atom. The molecule has 1 aliphatic rings. The zero-order valence-corrected chi connectivity index (χ0v) is 16.1. The van der Waals surface area contributed by atoms with Crippen LogP contribution in [0.3, 0.4) is 0 Å². The van der Waals surface area contributed by atoms with Gasteiger partial charge in [-0.3, -0.25) is 4.79 Å². The number of aromatic nitrogens is 4. The molecule has 1 N–H and O–H groups in total. The van der Waals surface area contributed by atoms with Gasteiger partial charge in [-0.05, 0) is 41.1 Å². The molecule has 0 aliphatic carbocycles. The van der Waals surface area contributed by atoms with E-state index in [9.17, 15) is 4.79 Å². The van der Waals surface area contributed by atoms with Gasteiger partial charge in [-0.15, -0.1) is 5.10 Å². The summed E-state index contributed by atoms with van der Waals surface area (Å²) in [6.07, 6.45) is -0.221. The molecule has 0 spiro atoms. The number of thioether (sulfide) groups is 1. The largest absolute Gasteiger partial charge is 0.486 e. The number of rotatable bonds is 6. The number of benzene rings is 2. The van der Waals surface area contributed by atoms with Crippen molar-refractivity contribution in [1.82, 2.24) is 25.5 Å². The van der Waals surface area contributed by atoms with Crippen LogP contribution in [0.1, 0.15) is 5.56 Å². The summed E-state index contributed by atoms with van der Waals surface area (Å²) in [7, 11) is 0. The summed E-state index contributed by atoms with van der Waals surface area (Å²) in [5, 5.41) is 15.2. The van der Waals surface area contributed by atoms with Crippen molar-refractivity contribution in [3.8, 4) is 17.2 Å². The van der Waals surface area contributed by atoms with Gasteiger partial charge in [0.1, 0.15) is 12.7 Å². The second-order valence-corrected chi connectivity index (χ2v) is 7.19. The molecule has 1 atom stereocenters. The molecule has 9 heteroatoms. The van der Waals surface area contributed by atoms with E-state index in [-0.39, 0.29) is 17.8 Å². The van der Waals surface area contributed by atoms with Gasteiger partial charge in [-0.25, -0.2) is 0 Å². The number of tetrazole rings is 1. The molecule has 0 fully saturated rings. The Morgan fingerprint density at radius 3 is 2.86 bits per heavy atom. The summed E-state index contributed by atoms with van der Waals surface area (Å²) in [6.45, 7) is 2.76. The van der Waals surface area contributed by atoms with Crippen LogP contribution in [-0.2, 0) is 4.79 Å². The molecule has 4 rings (SSSR count). The normalized spacial score (nSPS) is 15.2. The van der Waals surface area contributed by atoms with Gasteiger partial charge < -0.3 is 14.8 Å². The van der Waals surface area contributed by atoms with Gasteiger partial charge in [0.15, 0.2) is 11.5 Å². The van der Waals surface area contributed by atoms with E-state index in [1.54, 1.807) is 4.68 Å². The molecule has 0 saturated carbocycles. The molecule has 0 radical (unpaired) electrons. The molecule has 144 valence electrons. The Hall–Kier alpha value is -3.07. The molecule has 2 heterocycles. The number of carbonyl (C=O) groups is 1. The second kappa shape index (κ2) is 8.30. The average molecular weight is 397 g/mol. The Kier molecular flexibility index (Phi) is 5.43. The fourth-order valence-corrected chi connectivity index (χ4v) is 3.51. The van der Waals surface area contributed by atoms with Gasteiger partial charge in [0.05, 0.1) is 18.0 Å². The highest BCUT2D eigenvalue weighted by Crippen LogP contribution is 2.30. The van der Waals surface area contributed by atoms with E-state index in [1.807, 2.05) is 55.5 Å². The first kappa shape index (κ1) is 18.3. The van der Waals surface area contributed by atoms with Crippen molar-refractivity contribution in [2.24, 2.45) is 0 Å². The first-order valence-corrected chi connectivity index (χ1v) is 9.81. The molecule has 1 aliphatic heterocycles. The lowest BCUT2D eigenvalue weighted by Crippen LogP contribution is -2.41. The monoisotopic (exact) mass is 397 g/mol. The van der Waals surface area contributed by atoms with Crippen LogP contribution in [0.5, 0.6) is 11.5 Å². The first-order chi connectivity index (χ1) is 13.7. The summed E-state index contributed by atoms with van der Waals surface area (Å²) >= 11 is 1.28. The molecule has 3 aromatic rings. The summed E-state index contributed by atoms with van der Waals surface area (Å²) in [5.74, 6) is 1.51. The standard InChI is InChI=1S/C19H19N5O3S/c1-13-6-2-3-7-15(13)24-19(21-22-23-24)28-12-18(25)20-10-14-11-26-16-8-4-5-9-17(16)27-14/h2-9,14H,10-12H2,1H3,(H,20,25)/t14-/m0/s1. The van der Waals surface area contributed by atoms with Crippen LogP contribution in [0.2, 0.25) is 0 Å². The second-order valence-electron chi connectivity index (χ2n) is 6.25. The van der Waals surface area contributed by atoms with Crippen LogP contribution in [-0.4, -0.2) is 51.1 Å². The Bertz CT molecular complexity index is 977. The summed E-state index contributed by atoms with van der Waals surface area (Å²) in [5.41, 5.74) is 1.94. The van der Waals surface area contributed by atoms with Gasteiger partial charge in [0.25, 0.3) is 0 Å². The molecule has 2 aromatic carbocycles. The Labute approximate surface area is 166 Å². The number of fused-ring (bicyclic) bond motifs is 1. The molecule has 0 saturated heterocycles. The molecule has 0 bridgehead atoms. The maximum atomic E-state index is 12.2. The predicted octanol–water partition coefficient (Wildman–Crippen LogP) is 2.02. The van der Waals surface area contributed by atoms with E-state index in [1.165, 1.54) is 11.8 Å². The zero-order chi connectivity index (χ0) is 19.3. The molecule has 28 heavy (non-hydrogen) atoms. The molecule has 0 unspecified atom stereocenters. The van der Waals surface area contributed by atoms with Gasteiger partial charge in [-0.1, -0.05) is 42.1 Å². The van der Waals surface area contributed by atoms with Crippen molar-refractivity contribution in [2.75, 3.05) is 18.9 Å². The smallest absolute Gasteiger partial charge is 0.230 e. The van der Waals surface area contributed by atoms with E-state index in [2.05, 4.69) is 20.8 Å². The molecular formula is C19H19N5O3S. The molecule has 8 nitrogen and oxygen atoms in total. The third kappa shape index (κ3) is 4.09. The van der Waals surface area contributed by atoms with E-state index in [0.29, 0.717) is 24.1 Å². The minimum atomic E-state index is -0.221. The van der Waals surface area contributed by atoms with Crippen molar-refractivity contribution < 1.29 is 14.3 Å². The number of carbonyl (C=O) groups excluding carboxylic acids is 1. The van der Waals surface area contributed by atoms with Crippen LogP contribution in [0, 0.1) is 6.92 Å². The van der Waals surface area contributed by atoms with E-state index in [0.717, 1.165) is 17.0 Å². The van der Waals surface area contributed by atoms with Crippen LogP contribution >= 0.6 is 11.8 Å². The maximum absolute atomic E-state index is 12.2. The van der Waals surface area contributed by atoms with E-state index >= 15 is 0 Å². The Balaban J connectivity index is 1.29. The third-order valence-corrected chi connectivity index (χ3v) is 5.13. The van der Waals surface area contributed by atoms with Crippen LogP contribution in [0.15, 0.2) is 53.7 Å². The third-order valence-electron chi connectivity index (χ3n) is 4.21. The lowest BCUT2D eigenvalue weighted by Gasteiger charge is -2.26. The van der Waals surface area contributed by atoms with E-state index < -0.39 is 0 Å². The first-order valence-electron chi connectivity index (χ1n) is 8.83. The highest BCUT2D eigenvalue weighted by atomic mass is 32.2. The topological polar surface area (TPSA) is 91.2 Å². The number of ether oxygens (including phenoxy) is 2. The SMILES string of the molecule is Cc1ccccc1-n1nnnc1SCC(=O)NC[C@H]1COc2ccccc2O1. The van der Waals surface area contributed by atoms with Gasteiger partial charge >= 0.3 is 0 Å². The average Bonchev–Trinajstić information content (AvgIpc) is 3.19. The van der Waals surface area contributed by atoms with Crippen LogP contribution in [0.4, 0.5) is 0 Å². The van der Waals surface area contributed by atoms with Crippen molar-refractivity contribution >= 4 is 17.7 Å². The van der Waals surface area contributed by atoms with E-state index in [4.69, 9.17) is 9.47 Å². The maximum Gasteiger partial charge on any atom is 0.230 e. The quantitative estimate of drug-likeness (QED) is 0.636. The van der Waals surface area contributed by atoms with Gasteiger partial charge in [0, 0.05) is 0 Å². The highest BCUT2D eigenvalue weighted by Gasteiger charge is 2.21. The van der Waals surface area contributed by atoms with Gasteiger partial charge in [0.2, 0.25) is 11.1 Å². The van der Waals surface area contributed by atoms with Crippen molar-refractivity contribution in [3.05, 3.63) is 54.1 Å². The highest BCUT2D eigenvalue weighted by molar-refractivity contribution is 7.99.